The Bertz CT molecular complexity index is 562. The van der Waals surface area contributed by atoms with Crippen LogP contribution in [0.3, 0.4) is 0 Å². The summed E-state index contributed by atoms with van der Waals surface area (Å²) in [5.41, 5.74) is 2.24. The van der Waals surface area contributed by atoms with Crippen molar-refractivity contribution >= 4 is 27.5 Å². The van der Waals surface area contributed by atoms with Gasteiger partial charge in [-0.05, 0) is 23.8 Å². The van der Waals surface area contributed by atoms with Crippen molar-refractivity contribution in [2.45, 2.75) is 6.42 Å². The first-order valence-corrected chi connectivity index (χ1v) is 6.99. The molecule has 2 aromatic rings. The highest BCUT2D eigenvalue weighted by Gasteiger charge is 2.04. The van der Waals surface area contributed by atoms with Crippen LogP contribution in [-0.2, 0) is 6.42 Å². The molecular formula is C16H17BrN2. The van der Waals surface area contributed by atoms with Crippen molar-refractivity contribution in [2.75, 3.05) is 14.1 Å². The average Bonchev–Trinajstić information content (AvgIpc) is 2.39. The summed E-state index contributed by atoms with van der Waals surface area (Å²) >= 11 is 3.47. The van der Waals surface area contributed by atoms with Gasteiger partial charge in [-0.3, -0.25) is 0 Å². The molecule has 3 heteroatoms. The summed E-state index contributed by atoms with van der Waals surface area (Å²) in [7, 11) is 4.06. The van der Waals surface area contributed by atoms with Crippen molar-refractivity contribution in [3.8, 4) is 0 Å². The van der Waals surface area contributed by atoms with Crippen molar-refractivity contribution in [3.05, 3.63) is 64.6 Å². The Labute approximate surface area is 122 Å². The highest BCUT2D eigenvalue weighted by Crippen LogP contribution is 2.19. The van der Waals surface area contributed by atoms with E-state index >= 15 is 0 Å². The Morgan fingerprint density at radius 1 is 1.05 bits per heavy atom. The summed E-state index contributed by atoms with van der Waals surface area (Å²) in [6.07, 6.45) is 0.834. The third kappa shape index (κ3) is 4.21. The molecule has 0 aromatic heterocycles. The van der Waals surface area contributed by atoms with Crippen LogP contribution in [0.25, 0.3) is 0 Å². The molecule has 0 N–H and O–H groups in total. The molecule has 2 aromatic carbocycles. The number of likely N-dealkylation sites (N-methyl/N-ethyl adjacent to an activating group) is 1. The number of rotatable bonds is 3. The molecule has 0 atom stereocenters. The van der Waals surface area contributed by atoms with E-state index in [1.54, 1.807) is 0 Å². The molecule has 0 spiro atoms. The second-order valence-corrected chi connectivity index (χ2v) is 5.48. The molecule has 0 saturated heterocycles. The van der Waals surface area contributed by atoms with E-state index in [2.05, 4.69) is 45.1 Å². The molecule has 0 radical (unpaired) electrons. The second-order valence-electron chi connectivity index (χ2n) is 4.56. The van der Waals surface area contributed by atoms with Crippen LogP contribution in [0.15, 0.2) is 64.1 Å². The van der Waals surface area contributed by atoms with E-state index in [0.29, 0.717) is 0 Å². The topological polar surface area (TPSA) is 15.6 Å². The van der Waals surface area contributed by atoms with Gasteiger partial charge in [-0.2, -0.15) is 0 Å². The van der Waals surface area contributed by atoms with Crippen molar-refractivity contribution in [3.63, 3.8) is 0 Å². The number of aliphatic imine (C=N–C) groups is 1. The van der Waals surface area contributed by atoms with Gasteiger partial charge in [0.15, 0.2) is 0 Å². The van der Waals surface area contributed by atoms with Gasteiger partial charge in [-0.1, -0.05) is 52.3 Å². The highest BCUT2D eigenvalue weighted by atomic mass is 79.9. The third-order valence-electron chi connectivity index (χ3n) is 2.79. The van der Waals surface area contributed by atoms with Crippen LogP contribution in [0.4, 0.5) is 5.69 Å². The minimum Gasteiger partial charge on any atom is -0.366 e. The maximum Gasteiger partial charge on any atom is 0.109 e. The number of nitrogens with zero attached hydrogens (tertiary/aromatic N) is 2. The predicted octanol–water partition coefficient (Wildman–Crippen LogP) is 4.28. The molecule has 0 fully saturated rings. The number of amidine groups is 1. The summed E-state index contributed by atoms with van der Waals surface area (Å²) in [5.74, 6) is 1.05. The molecule has 19 heavy (non-hydrogen) atoms. The number of benzene rings is 2. The van der Waals surface area contributed by atoms with Gasteiger partial charge in [-0.15, -0.1) is 0 Å². The third-order valence-corrected chi connectivity index (χ3v) is 3.28. The van der Waals surface area contributed by atoms with Gasteiger partial charge in [-0.25, -0.2) is 4.99 Å². The summed E-state index contributed by atoms with van der Waals surface area (Å²) < 4.78 is 1.05. The van der Waals surface area contributed by atoms with Crippen molar-refractivity contribution in [1.29, 1.82) is 0 Å². The first-order valence-electron chi connectivity index (χ1n) is 6.19. The van der Waals surface area contributed by atoms with Crippen molar-refractivity contribution < 1.29 is 0 Å². The minimum atomic E-state index is 0.834. The summed E-state index contributed by atoms with van der Waals surface area (Å²) in [6.45, 7) is 0. The molecule has 0 heterocycles. The monoisotopic (exact) mass is 316 g/mol. The van der Waals surface area contributed by atoms with Gasteiger partial charge < -0.3 is 4.90 Å². The van der Waals surface area contributed by atoms with Gasteiger partial charge in [0.2, 0.25) is 0 Å². The van der Waals surface area contributed by atoms with Gasteiger partial charge in [0.05, 0.1) is 5.69 Å². The van der Waals surface area contributed by atoms with Crippen LogP contribution in [0, 0.1) is 0 Å². The van der Waals surface area contributed by atoms with E-state index in [4.69, 9.17) is 4.99 Å². The molecule has 2 nitrogen and oxygen atoms in total. The zero-order valence-corrected chi connectivity index (χ0v) is 12.8. The largest absolute Gasteiger partial charge is 0.366 e. The number of halogens is 1. The molecule has 2 rings (SSSR count). The summed E-state index contributed by atoms with van der Waals surface area (Å²) in [5, 5.41) is 0. The summed E-state index contributed by atoms with van der Waals surface area (Å²) in [4.78, 5) is 6.79. The predicted molar refractivity (Wildman–Crippen MR) is 85.1 cm³/mol. The molecule has 0 unspecified atom stereocenters. The highest BCUT2D eigenvalue weighted by molar-refractivity contribution is 9.10. The van der Waals surface area contributed by atoms with E-state index in [1.807, 2.05) is 44.4 Å². The van der Waals surface area contributed by atoms with Crippen molar-refractivity contribution in [2.24, 2.45) is 4.99 Å². The van der Waals surface area contributed by atoms with Crippen LogP contribution in [0.1, 0.15) is 5.56 Å². The first kappa shape index (κ1) is 13.8. The Hall–Kier alpha value is -1.61. The van der Waals surface area contributed by atoms with E-state index < -0.39 is 0 Å². The van der Waals surface area contributed by atoms with Crippen LogP contribution in [0.5, 0.6) is 0 Å². The molecule has 0 aliphatic rings. The van der Waals surface area contributed by atoms with Crippen LogP contribution < -0.4 is 0 Å². The lowest BCUT2D eigenvalue weighted by molar-refractivity contribution is 0.610. The molecule has 0 amide bonds. The zero-order chi connectivity index (χ0) is 13.7. The van der Waals surface area contributed by atoms with Crippen LogP contribution >= 0.6 is 15.9 Å². The smallest absolute Gasteiger partial charge is 0.109 e. The Balaban J connectivity index is 2.25. The lowest BCUT2D eigenvalue weighted by Crippen LogP contribution is -2.23. The Morgan fingerprint density at radius 3 is 2.42 bits per heavy atom. The minimum absolute atomic E-state index is 0.834. The quantitative estimate of drug-likeness (QED) is 0.609. The Morgan fingerprint density at radius 2 is 1.79 bits per heavy atom. The standard InChI is InChI=1S/C16H17BrN2/c1-19(2)16(11-13-7-4-3-5-8-13)18-15-10-6-9-14(17)12-15/h3-10,12H,11H2,1-2H3. The van der Waals surface area contributed by atoms with Crippen LogP contribution in [-0.4, -0.2) is 24.8 Å². The SMILES string of the molecule is CN(C)C(Cc1ccccc1)=Nc1cccc(Br)c1. The number of hydrogen-bond acceptors (Lipinski definition) is 1. The Kier molecular flexibility index (Phi) is 4.74. The molecule has 98 valence electrons. The lowest BCUT2D eigenvalue weighted by atomic mass is 10.1. The van der Waals surface area contributed by atoms with E-state index in [-0.39, 0.29) is 0 Å². The molecule has 0 saturated carbocycles. The molecular weight excluding hydrogens is 300 g/mol. The normalized spacial score (nSPS) is 11.4. The fourth-order valence-corrected chi connectivity index (χ4v) is 2.16. The van der Waals surface area contributed by atoms with Gasteiger partial charge in [0.25, 0.3) is 0 Å². The molecule has 0 aliphatic carbocycles. The molecule has 0 aliphatic heterocycles. The van der Waals surface area contributed by atoms with Crippen molar-refractivity contribution in [1.82, 2.24) is 4.90 Å². The lowest BCUT2D eigenvalue weighted by Gasteiger charge is -2.16. The molecule has 0 bridgehead atoms. The maximum atomic E-state index is 4.73. The van der Waals surface area contributed by atoms with E-state index in [0.717, 1.165) is 22.4 Å². The second kappa shape index (κ2) is 6.53. The van der Waals surface area contributed by atoms with Crippen LogP contribution in [0.2, 0.25) is 0 Å². The van der Waals surface area contributed by atoms with Gasteiger partial charge >= 0.3 is 0 Å². The number of hydrogen-bond donors (Lipinski definition) is 0. The fourth-order valence-electron chi connectivity index (χ4n) is 1.77. The maximum absolute atomic E-state index is 4.73. The first-order chi connectivity index (χ1) is 9.15. The average molecular weight is 317 g/mol. The van der Waals surface area contributed by atoms with Gasteiger partial charge in [0.1, 0.15) is 5.84 Å². The van der Waals surface area contributed by atoms with Gasteiger partial charge in [0, 0.05) is 25.0 Å². The van der Waals surface area contributed by atoms with E-state index in [1.165, 1.54) is 5.56 Å². The van der Waals surface area contributed by atoms with E-state index in [9.17, 15) is 0 Å². The summed E-state index contributed by atoms with van der Waals surface area (Å²) in [6, 6.07) is 18.4. The fraction of sp³-hybridized carbons (Fsp3) is 0.188. The zero-order valence-electron chi connectivity index (χ0n) is 11.2.